The van der Waals surface area contributed by atoms with Crippen LogP contribution in [0.1, 0.15) is 57.6 Å². The molecule has 0 fully saturated rings. The SMILES string of the molecule is CCOC(=O)c1cc(C2(c3ccc(COCCOCCOCCO)c(CC)c3)c3cc(Br)ccc3-c3ccc(-c4ccccc4)cc32)ccc1OCCOCCOCCOC. The molecule has 10 nitrogen and oxygen atoms in total. The summed E-state index contributed by atoms with van der Waals surface area (Å²) >= 11 is 3.83. The molecule has 324 valence electrons. The number of rotatable bonds is 26. The van der Waals surface area contributed by atoms with Crippen LogP contribution in [0.2, 0.25) is 0 Å². The normalized spacial score (nSPS) is 14.2. The number of methoxy groups -OCH3 is 1. The topological polar surface area (TPSA) is 111 Å². The zero-order chi connectivity index (χ0) is 42.9. The van der Waals surface area contributed by atoms with Crippen molar-refractivity contribution in [2.24, 2.45) is 0 Å². The van der Waals surface area contributed by atoms with E-state index in [2.05, 4.69) is 108 Å². The fourth-order valence-corrected chi connectivity index (χ4v) is 8.20. The fraction of sp³-hybridized carbons (Fsp3) is 0.380. The molecule has 11 heteroatoms. The lowest BCUT2D eigenvalue weighted by atomic mass is 9.66. The standard InChI is InChI=1S/C50H57BrO10/c1-4-36-31-40(13-11-39(36)35-59-28-27-57-24-23-55-20-19-52)50(41-14-18-48(45(33-41)49(53)60-5-2)61-30-29-58-26-25-56-22-21-54-3)46-32-38(37-9-7-6-8-10-37)12-16-43(46)44-17-15-42(51)34-47(44)50/h6-18,31-34,52H,4-5,19-30,35H2,1-3H3. The summed E-state index contributed by atoms with van der Waals surface area (Å²) in [6.45, 7) is 9.12. The van der Waals surface area contributed by atoms with Gasteiger partial charge in [0.2, 0.25) is 0 Å². The van der Waals surface area contributed by atoms with Crippen LogP contribution in [0.4, 0.5) is 0 Å². The van der Waals surface area contributed by atoms with Crippen LogP contribution in [0, 0.1) is 0 Å². The van der Waals surface area contributed by atoms with E-state index in [4.69, 9.17) is 43.0 Å². The summed E-state index contributed by atoms with van der Waals surface area (Å²) in [6.07, 6.45) is 0.784. The van der Waals surface area contributed by atoms with Crippen molar-refractivity contribution >= 4 is 21.9 Å². The molecular weight excluding hydrogens is 840 g/mol. The summed E-state index contributed by atoms with van der Waals surface area (Å²) in [5.74, 6) is -0.0393. The summed E-state index contributed by atoms with van der Waals surface area (Å²) < 4.78 is 46.2. The van der Waals surface area contributed by atoms with Gasteiger partial charge in [0.25, 0.3) is 0 Å². The van der Waals surface area contributed by atoms with E-state index in [1.807, 2.05) is 18.2 Å². The van der Waals surface area contributed by atoms with E-state index in [-0.39, 0.29) is 19.8 Å². The number of ether oxygens (including phenoxy) is 8. The van der Waals surface area contributed by atoms with Gasteiger partial charge in [-0.05, 0) is 99.3 Å². The van der Waals surface area contributed by atoms with E-state index in [9.17, 15) is 4.79 Å². The predicted molar refractivity (Wildman–Crippen MR) is 240 cm³/mol. The zero-order valence-corrected chi connectivity index (χ0v) is 37.0. The van der Waals surface area contributed by atoms with Crippen LogP contribution in [0.25, 0.3) is 22.3 Å². The molecule has 1 N–H and O–H groups in total. The quantitative estimate of drug-likeness (QED) is 0.0419. The Kier molecular flexibility index (Phi) is 17.9. The predicted octanol–water partition coefficient (Wildman–Crippen LogP) is 8.82. The first-order chi connectivity index (χ1) is 30.0. The summed E-state index contributed by atoms with van der Waals surface area (Å²) in [7, 11) is 1.64. The average Bonchev–Trinajstić information content (AvgIpc) is 3.57. The van der Waals surface area contributed by atoms with Crippen molar-refractivity contribution in [1.29, 1.82) is 0 Å². The molecule has 1 aliphatic carbocycles. The minimum Gasteiger partial charge on any atom is -0.490 e. The van der Waals surface area contributed by atoms with Crippen LogP contribution in [0.3, 0.4) is 0 Å². The van der Waals surface area contributed by atoms with E-state index in [1.165, 1.54) is 0 Å². The molecular formula is C50H57BrO10. The molecule has 1 atom stereocenters. The van der Waals surface area contributed by atoms with Gasteiger partial charge in [-0.3, -0.25) is 0 Å². The van der Waals surface area contributed by atoms with E-state index in [0.717, 1.165) is 66.5 Å². The van der Waals surface area contributed by atoms with Crippen molar-refractivity contribution in [3.63, 3.8) is 0 Å². The van der Waals surface area contributed by atoms with Gasteiger partial charge in [-0.1, -0.05) is 95.7 Å². The Hall–Kier alpha value is -4.43. The molecule has 0 radical (unpaired) electrons. The van der Waals surface area contributed by atoms with Crippen LogP contribution in [-0.4, -0.2) is 104 Å². The summed E-state index contributed by atoms with van der Waals surface area (Å²) in [5, 5.41) is 8.90. The van der Waals surface area contributed by atoms with Crippen LogP contribution in [0.15, 0.2) is 108 Å². The van der Waals surface area contributed by atoms with Gasteiger partial charge in [0.1, 0.15) is 17.9 Å². The van der Waals surface area contributed by atoms with E-state index in [1.54, 1.807) is 14.0 Å². The largest absolute Gasteiger partial charge is 0.490 e. The van der Waals surface area contributed by atoms with Crippen LogP contribution in [-0.2, 0) is 51.6 Å². The molecule has 1 unspecified atom stereocenters. The van der Waals surface area contributed by atoms with Crippen molar-refractivity contribution < 1.29 is 47.8 Å². The molecule has 0 aliphatic heterocycles. The van der Waals surface area contributed by atoms with Gasteiger partial charge >= 0.3 is 5.97 Å². The van der Waals surface area contributed by atoms with Gasteiger partial charge in [-0.25, -0.2) is 4.79 Å². The third kappa shape index (κ3) is 11.3. The molecule has 6 rings (SSSR count). The average molecular weight is 898 g/mol. The second-order valence-electron chi connectivity index (χ2n) is 14.4. The highest BCUT2D eigenvalue weighted by Crippen LogP contribution is 2.58. The number of esters is 1. The maximum Gasteiger partial charge on any atom is 0.341 e. The molecule has 61 heavy (non-hydrogen) atoms. The maximum absolute atomic E-state index is 13.9. The van der Waals surface area contributed by atoms with Crippen molar-refractivity contribution in [1.82, 2.24) is 0 Å². The van der Waals surface area contributed by atoms with Crippen LogP contribution < -0.4 is 4.74 Å². The third-order valence-electron chi connectivity index (χ3n) is 10.7. The minimum absolute atomic E-state index is 0.00576. The third-order valence-corrected chi connectivity index (χ3v) is 11.2. The molecule has 0 spiro atoms. The first-order valence-electron chi connectivity index (χ1n) is 21.0. The molecule has 5 aromatic rings. The van der Waals surface area contributed by atoms with E-state index >= 15 is 0 Å². The first kappa shape index (κ1) is 46.1. The maximum atomic E-state index is 13.9. The van der Waals surface area contributed by atoms with E-state index in [0.29, 0.717) is 84.0 Å². The zero-order valence-electron chi connectivity index (χ0n) is 35.4. The summed E-state index contributed by atoms with van der Waals surface area (Å²) in [6, 6.07) is 36.2. The van der Waals surface area contributed by atoms with Gasteiger partial charge < -0.3 is 43.0 Å². The molecule has 5 aromatic carbocycles. The number of carbonyl (C=O) groups is 1. The van der Waals surface area contributed by atoms with Crippen LogP contribution >= 0.6 is 15.9 Å². The van der Waals surface area contributed by atoms with Crippen molar-refractivity contribution in [3.05, 3.63) is 147 Å². The van der Waals surface area contributed by atoms with Gasteiger partial charge in [0.15, 0.2) is 0 Å². The summed E-state index contributed by atoms with van der Waals surface area (Å²) in [4.78, 5) is 13.9. The number of carbonyl (C=O) groups excluding carboxylic acids is 1. The highest BCUT2D eigenvalue weighted by Gasteiger charge is 2.47. The lowest BCUT2D eigenvalue weighted by Gasteiger charge is -2.35. The minimum atomic E-state index is -0.847. The van der Waals surface area contributed by atoms with Crippen molar-refractivity contribution in [3.8, 4) is 28.0 Å². The number of benzene rings is 5. The van der Waals surface area contributed by atoms with Crippen LogP contribution in [0.5, 0.6) is 5.75 Å². The molecule has 0 aromatic heterocycles. The molecule has 0 saturated carbocycles. The number of aliphatic hydroxyl groups excluding tert-OH is 1. The Morgan fingerprint density at radius 3 is 1.92 bits per heavy atom. The fourth-order valence-electron chi connectivity index (χ4n) is 7.84. The Morgan fingerprint density at radius 2 is 1.23 bits per heavy atom. The van der Waals surface area contributed by atoms with Gasteiger partial charge in [0, 0.05) is 11.6 Å². The number of aryl methyl sites for hydroxylation is 1. The van der Waals surface area contributed by atoms with Gasteiger partial charge in [-0.2, -0.15) is 0 Å². The molecule has 0 bridgehead atoms. The van der Waals surface area contributed by atoms with E-state index < -0.39 is 11.4 Å². The summed E-state index contributed by atoms with van der Waals surface area (Å²) in [5.41, 5.74) is 10.4. The number of hydrogen-bond acceptors (Lipinski definition) is 10. The number of halogens is 1. The number of hydrogen-bond donors (Lipinski definition) is 1. The molecule has 0 saturated heterocycles. The molecule has 0 amide bonds. The van der Waals surface area contributed by atoms with Crippen molar-refractivity contribution in [2.45, 2.75) is 32.3 Å². The number of fused-ring (bicyclic) bond motifs is 3. The second-order valence-corrected chi connectivity index (χ2v) is 15.3. The lowest BCUT2D eigenvalue weighted by molar-refractivity contribution is 0.00442. The van der Waals surface area contributed by atoms with Gasteiger partial charge in [0.05, 0.1) is 91.3 Å². The highest BCUT2D eigenvalue weighted by atomic mass is 79.9. The second kappa shape index (κ2) is 23.7. The van der Waals surface area contributed by atoms with Crippen molar-refractivity contribution in [2.75, 3.05) is 93.0 Å². The number of aliphatic hydroxyl groups is 1. The molecule has 1 aliphatic rings. The monoisotopic (exact) mass is 896 g/mol. The Labute approximate surface area is 368 Å². The van der Waals surface area contributed by atoms with Gasteiger partial charge in [-0.15, -0.1) is 0 Å². The highest BCUT2D eigenvalue weighted by molar-refractivity contribution is 9.10. The smallest absolute Gasteiger partial charge is 0.341 e. The Morgan fingerprint density at radius 1 is 0.607 bits per heavy atom. The first-order valence-corrected chi connectivity index (χ1v) is 21.8. The lowest BCUT2D eigenvalue weighted by Crippen LogP contribution is -2.29. The Balaban J connectivity index is 1.41. The Bertz CT molecular complexity index is 2160. The molecule has 0 heterocycles.